The molecule has 3 unspecified atom stereocenters. The van der Waals surface area contributed by atoms with Crippen LogP contribution in [0.1, 0.15) is 51.1 Å². The van der Waals surface area contributed by atoms with Gasteiger partial charge in [0.05, 0.1) is 12.1 Å². The fourth-order valence-corrected chi connectivity index (χ4v) is 4.26. The maximum atomic E-state index is 12.0. The van der Waals surface area contributed by atoms with Crippen LogP contribution in [0.5, 0.6) is 0 Å². The van der Waals surface area contributed by atoms with Crippen LogP contribution < -0.4 is 10.6 Å². The summed E-state index contributed by atoms with van der Waals surface area (Å²) in [7, 11) is 3.51. The molecule has 154 valence electrons. The van der Waals surface area contributed by atoms with Gasteiger partial charge in [0, 0.05) is 32.2 Å². The molecule has 28 heavy (non-hydrogen) atoms. The molecular weight excluding hydrogens is 352 g/mol. The second-order valence-corrected chi connectivity index (χ2v) is 8.19. The Morgan fingerprint density at radius 2 is 2.04 bits per heavy atom. The molecule has 0 bridgehead atoms. The number of aliphatic imine (C=N–C) groups is 1. The SMILES string of the molecule is CCOC1CC(NC(=NCC(=O)N(C)C)NC(C)c2ccccc2)C12CCC2. The number of hydrogen-bond donors (Lipinski definition) is 2. The molecule has 1 amide bonds. The van der Waals surface area contributed by atoms with Crippen molar-refractivity contribution in [1.82, 2.24) is 15.5 Å². The molecule has 6 nitrogen and oxygen atoms in total. The molecule has 2 fully saturated rings. The van der Waals surface area contributed by atoms with E-state index in [-0.39, 0.29) is 23.9 Å². The fourth-order valence-electron chi connectivity index (χ4n) is 4.26. The van der Waals surface area contributed by atoms with Crippen LogP contribution >= 0.6 is 0 Å². The number of carbonyl (C=O) groups excluding carboxylic acids is 1. The molecule has 2 aliphatic carbocycles. The van der Waals surface area contributed by atoms with Gasteiger partial charge in [0.1, 0.15) is 6.54 Å². The molecule has 3 rings (SSSR count). The lowest BCUT2D eigenvalue weighted by atomic mass is 9.51. The number of nitrogens with zero attached hydrogens (tertiary/aromatic N) is 2. The summed E-state index contributed by atoms with van der Waals surface area (Å²) in [5, 5.41) is 7.10. The average molecular weight is 387 g/mol. The molecule has 0 heterocycles. The molecule has 0 saturated heterocycles. The highest BCUT2D eigenvalue weighted by molar-refractivity contribution is 5.85. The first-order valence-electron chi connectivity index (χ1n) is 10.4. The quantitative estimate of drug-likeness (QED) is 0.559. The van der Waals surface area contributed by atoms with Gasteiger partial charge in [-0.25, -0.2) is 4.99 Å². The van der Waals surface area contributed by atoms with Crippen molar-refractivity contribution in [3.8, 4) is 0 Å². The van der Waals surface area contributed by atoms with Crippen LogP contribution in [-0.2, 0) is 9.53 Å². The summed E-state index contributed by atoms with van der Waals surface area (Å²) in [6, 6.07) is 10.7. The minimum atomic E-state index is -0.00683. The average Bonchev–Trinajstić information content (AvgIpc) is 2.63. The third kappa shape index (κ3) is 4.32. The molecule has 0 aromatic heterocycles. The maximum absolute atomic E-state index is 12.0. The number of hydrogen-bond acceptors (Lipinski definition) is 3. The number of ether oxygens (including phenoxy) is 1. The second kappa shape index (κ2) is 8.95. The zero-order valence-corrected chi connectivity index (χ0v) is 17.6. The highest BCUT2D eigenvalue weighted by Gasteiger charge is 2.59. The summed E-state index contributed by atoms with van der Waals surface area (Å²) in [4.78, 5) is 18.2. The van der Waals surface area contributed by atoms with Gasteiger partial charge in [-0.05, 0) is 38.7 Å². The molecule has 0 radical (unpaired) electrons. The lowest BCUT2D eigenvalue weighted by molar-refractivity contribution is -0.168. The van der Waals surface area contributed by atoms with Crippen LogP contribution in [0.25, 0.3) is 0 Å². The number of nitrogens with one attached hydrogen (secondary N) is 2. The van der Waals surface area contributed by atoms with Crippen molar-refractivity contribution in [2.24, 2.45) is 10.4 Å². The van der Waals surface area contributed by atoms with E-state index in [1.807, 2.05) is 18.2 Å². The Morgan fingerprint density at radius 3 is 2.61 bits per heavy atom. The minimum Gasteiger partial charge on any atom is -0.378 e. The zero-order valence-electron chi connectivity index (χ0n) is 17.6. The highest BCUT2D eigenvalue weighted by atomic mass is 16.5. The summed E-state index contributed by atoms with van der Waals surface area (Å²) in [6.45, 7) is 5.08. The van der Waals surface area contributed by atoms with Crippen LogP contribution in [0.2, 0.25) is 0 Å². The number of rotatable bonds is 7. The van der Waals surface area contributed by atoms with Crippen LogP contribution in [0, 0.1) is 5.41 Å². The van der Waals surface area contributed by atoms with Crippen molar-refractivity contribution in [2.45, 2.75) is 57.7 Å². The van der Waals surface area contributed by atoms with Crippen molar-refractivity contribution < 1.29 is 9.53 Å². The number of likely N-dealkylation sites (N-methyl/N-ethyl adjacent to an activating group) is 1. The van der Waals surface area contributed by atoms with E-state index in [2.05, 4.69) is 41.6 Å². The molecule has 1 spiro atoms. The summed E-state index contributed by atoms with van der Waals surface area (Å²) in [5.74, 6) is 0.699. The molecular formula is C22H34N4O2. The number of amides is 1. The van der Waals surface area contributed by atoms with Gasteiger partial charge in [0.25, 0.3) is 0 Å². The minimum absolute atomic E-state index is 0.00683. The van der Waals surface area contributed by atoms with Gasteiger partial charge in [-0.3, -0.25) is 4.79 Å². The van der Waals surface area contributed by atoms with E-state index < -0.39 is 0 Å². The van der Waals surface area contributed by atoms with E-state index in [0.717, 1.165) is 13.0 Å². The van der Waals surface area contributed by atoms with E-state index >= 15 is 0 Å². The standard InChI is InChI=1S/C22H34N4O2/c1-5-28-19-14-18(22(19)12-9-13-22)25-21(23-15-20(27)26(3)4)24-16(2)17-10-7-6-8-11-17/h6-8,10-11,16,18-19H,5,9,12-15H2,1-4H3,(H2,23,24,25). The van der Waals surface area contributed by atoms with Gasteiger partial charge < -0.3 is 20.3 Å². The molecule has 1 aromatic rings. The Morgan fingerprint density at radius 1 is 1.32 bits per heavy atom. The molecule has 3 atom stereocenters. The second-order valence-electron chi connectivity index (χ2n) is 8.19. The third-order valence-electron chi connectivity index (χ3n) is 6.27. The number of benzene rings is 1. The predicted octanol–water partition coefficient (Wildman–Crippen LogP) is 2.72. The van der Waals surface area contributed by atoms with Gasteiger partial charge in [-0.2, -0.15) is 0 Å². The normalized spacial score (nSPS) is 24.1. The van der Waals surface area contributed by atoms with E-state index in [1.165, 1.54) is 24.8 Å². The summed E-state index contributed by atoms with van der Waals surface area (Å²) in [5.41, 5.74) is 1.43. The molecule has 2 N–H and O–H groups in total. The maximum Gasteiger partial charge on any atom is 0.243 e. The highest BCUT2D eigenvalue weighted by Crippen LogP contribution is 2.57. The van der Waals surface area contributed by atoms with Crippen molar-refractivity contribution in [1.29, 1.82) is 0 Å². The fraction of sp³-hybridized carbons (Fsp3) is 0.636. The smallest absolute Gasteiger partial charge is 0.243 e. The monoisotopic (exact) mass is 386 g/mol. The molecule has 1 aromatic carbocycles. The van der Waals surface area contributed by atoms with Crippen LogP contribution in [0.4, 0.5) is 0 Å². The molecule has 6 heteroatoms. The number of guanidine groups is 1. The Bertz CT molecular complexity index is 685. The zero-order chi connectivity index (χ0) is 20.1. The van der Waals surface area contributed by atoms with E-state index in [4.69, 9.17) is 4.74 Å². The molecule has 2 aliphatic rings. The van der Waals surface area contributed by atoms with Crippen LogP contribution in [0.15, 0.2) is 35.3 Å². The van der Waals surface area contributed by atoms with Crippen molar-refractivity contribution in [2.75, 3.05) is 27.2 Å². The number of carbonyl (C=O) groups is 1. The molecule has 0 aliphatic heterocycles. The largest absolute Gasteiger partial charge is 0.378 e. The van der Waals surface area contributed by atoms with Crippen molar-refractivity contribution in [3.05, 3.63) is 35.9 Å². The van der Waals surface area contributed by atoms with Gasteiger partial charge in [-0.1, -0.05) is 36.8 Å². The topological polar surface area (TPSA) is 66.0 Å². The van der Waals surface area contributed by atoms with E-state index in [1.54, 1.807) is 19.0 Å². The Kier molecular flexibility index (Phi) is 6.60. The molecule has 2 saturated carbocycles. The Labute approximate surface area is 168 Å². The summed E-state index contributed by atoms with van der Waals surface area (Å²) < 4.78 is 5.97. The van der Waals surface area contributed by atoms with E-state index in [0.29, 0.717) is 18.1 Å². The Balaban J connectivity index is 1.69. The summed E-state index contributed by atoms with van der Waals surface area (Å²) >= 11 is 0. The van der Waals surface area contributed by atoms with Crippen molar-refractivity contribution in [3.63, 3.8) is 0 Å². The first-order chi connectivity index (χ1) is 13.5. The van der Waals surface area contributed by atoms with Crippen LogP contribution in [-0.4, -0.2) is 56.2 Å². The lowest BCUT2D eigenvalue weighted by Gasteiger charge is -2.61. The van der Waals surface area contributed by atoms with Gasteiger partial charge >= 0.3 is 0 Å². The van der Waals surface area contributed by atoms with Gasteiger partial charge in [0.2, 0.25) is 5.91 Å². The Hall–Kier alpha value is -2.08. The lowest BCUT2D eigenvalue weighted by Crippen LogP contribution is -2.68. The van der Waals surface area contributed by atoms with Gasteiger partial charge in [-0.15, -0.1) is 0 Å². The van der Waals surface area contributed by atoms with Crippen LogP contribution in [0.3, 0.4) is 0 Å². The predicted molar refractivity (Wildman–Crippen MR) is 112 cm³/mol. The first-order valence-corrected chi connectivity index (χ1v) is 10.4. The van der Waals surface area contributed by atoms with Crippen molar-refractivity contribution >= 4 is 11.9 Å². The van der Waals surface area contributed by atoms with E-state index in [9.17, 15) is 4.79 Å². The van der Waals surface area contributed by atoms with Gasteiger partial charge in [0.15, 0.2) is 5.96 Å². The first kappa shape index (κ1) is 20.6. The third-order valence-corrected chi connectivity index (χ3v) is 6.27. The summed E-state index contributed by atoms with van der Waals surface area (Å²) in [6.07, 6.45) is 5.01.